The largest absolute Gasteiger partial charge is 0.350 e. The molecule has 2 heterocycles. The van der Waals surface area contributed by atoms with Crippen molar-refractivity contribution < 1.29 is 4.79 Å². The van der Waals surface area contributed by atoms with E-state index in [1.54, 1.807) is 36.5 Å². The first-order chi connectivity index (χ1) is 14.6. The molecule has 0 aliphatic carbocycles. The fourth-order valence-electron chi connectivity index (χ4n) is 3.05. The van der Waals surface area contributed by atoms with Crippen LogP contribution < -0.4 is 16.2 Å². The Labute approximate surface area is 172 Å². The molecular weight excluding hydrogens is 378 g/mol. The van der Waals surface area contributed by atoms with Gasteiger partial charge < -0.3 is 10.6 Å². The molecule has 0 bridgehead atoms. The first-order valence-corrected chi connectivity index (χ1v) is 9.34. The molecule has 2 aromatic carbocycles. The molecule has 0 spiro atoms. The molecule has 0 atom stereocenters. The first-order valence-electron chi connectivity index (χ1n) is 9.34. The molecule has 0 aliphatic rings. The number of pyridine rings is 1. The summed E-state index contributed by atoms with van der Waals surface area (Å²) in [6, 6.07) is 20.1. The lowest BCUT2D eigenvalue weighted by Gasteiger charge is -2.12. The minimum absolute atomic E-state index is 0.234. The summed E-state index contributed by atoms with van der Waals surface area (Å²) in [5, 5.41) is 6.61. The fourth-order valence-corrected chi connectivity index (χ4v) is 3.05. The average molecular weight is 397 g/mol. The van der Waals surface area contributed by atoms with Crippen molar-refractivity contribution >= 4 is 28.6 Å². The number of carbonyl (C=O) groups excluding carboxylic acids is 1. The summed E-state index contributed by atoms with van der Waals surface area (Å²) in [6.45, 7) is 4.01. The summed E-state index contributed by atoms with van der Waals surface area (Å²) in [5.41, 5.74) is 2.47. The van der Waals surface area contributed by atoms with Gasteiger partial charge >= 0.3 is 0 Å². The van der Waals surface area contributed by atoms with Crippen LogP contribution in [0.3, 0.4) is 0 Å². The summed E-state index contributed by atoms with van der Waals surface area (Å²) in [7, 11) is 0. The molecule has 0 fully saturated rings. The van der Waals surface area contributed by atoms with E-state index < -0.39 is 0 Å². The van der Waals surface area contributed by atoms with Crippen LogP contribution in [0.15, 0.2) is 90.4 Å². The van der Waals surface area contributed by atoms with Crippen molar-refractivity contribution in [2.75, 3.05) is 10.6 Å². The van der Waals surface area contributed by atoms with E-state index in [1.807, 2.05) is 30.3 Å². The Morgan fingerprint density at radius 3 is 2.70 bits per heavy atom. The number of hydrogen-bond acceptors (Lipinski definition) is 5. The standard InChI is InChI=1S/C23H19N5O2/c1-2-20(29)26-18-9-6-10-19(13-18)28-21(30)12-11-17-15-25-23(27-22(17)28)24-14-16-7-4-3-5-8-16/h2-13,15H,1,14H2,(H,26,29)(H,24,25,27). The van der Waals surface area contributed by atoms with E-state index in [4.69, 9.17) is 0 Å². The number of benzene rings is 2. The van der Waals surface area contributed by atoms with E-state index in [2.05, 4.69) is 27.2 Å². The van der Waals surface area contributed by atoms with Crippen molar-refractivity contribution in [3.8, 4) is 5.69 Å². The number of amides is 1. The molecule has 2 N–H and O–H groups in total. The number of nitrogens with zero attached hydrogens (tertiary/aromatic N) is 3. The topological polar surface area (TPSA) is 88.9 Å². The fraction of sp³-hybridized carbons (Fsp3) is 0.0435. The van der Waals surface area contributed by atoms with E-state index >= 15 is 0 Å². The number of aromatic nitrogens is 3. The molecule has 1 amide bonds. The number of rotatable bonds is 6. The van der Waals surface area contributed by atoms with Crippen molar-refractivity contribution in [1.29, 1.82) is 0 Å². The molecule has 0 radical (unpaired) electrons. The van der Waals surface area contributed by atoms with Crippen molar-refractivity contribution in [1.82, 2.24) is 14.5 Å². The third kappa shape index (κ3) is 4.10. The van der Waals surface area contributed by atoms with Gasteiger partial charge in [-0.3, -0.25) is 14.2 Å². The lowest BCUT2D eigenvalue weighted by atomic mass is 10.2. The maximum atomic E-state index is 12.7. The molecule has 4 aromatic rings. The van der Waals surface area contributed by atoms with Gasteiger partial charge in [0.15, 0.2) is 5.65 Å². The number of fused-ring (bicyclic) bond motifs is 1. The monoisotopic (exact) mass is 397 g/mol. The molecule has 4 rings (SSSR count). The van der Waals surface area contributed by atoms with Gasteiger partial charge in [-0.1, -0.05) is 43.0 Å². The molecule has 30 heavy (non-hydrogen) atoms. The summed E-state index contributed by atoms with van der Waals surface area (Å²) in [4.78, 5) is 33.2. The minimum atomic E-state index is -0.327. The van der Waals surface area contributed by atoms with Crippen LogP contribution in [0, 0.1) is 0 Å². The van der Waals surface area contributed by atoms with Gasteiger partial charge in [-0.05, 0) is 35.9 Å². The first kappa shape index (κ1) is 19.1. The lowest BCUT2D eigenvalue weighted by Crippen LogP contribution is -2.19. The van der Waals surface area contributed by atoms with Crippen molar-refractivity contribution in [3.05, 3.63) is 101 Å². The Balaban J connectivity index is 1.73. The number of nitrogens with one attached hydrogen (secondary N) is 2. The SMILES string of the molecule is C=CC(=O)Nc1cccc(-n2c(=O)ccc3cnc(NCc4ccccc4)nc32)c1. The highest BCUT2D eigenvalue weighted by molar-refractivity contribution is 5.99. The van der Waals surface area contributed by atoms with Crippen LogP contribution in [-0.4, -0.2) is 20.4 Å². The second kappa shape index (κ2) is 8.40. The quantitative estimate of drug-likeness (QED) is 0.486. The molecule has 0 saturated heterocycles. The summed E-state index contributed by atoms with van der Waals surface area (Å²) < 4.78 is 1.49. The molecule has 7 nitrogen and oxygen atoms in total. The van der Waals surface area contributed by atoms with Crippen LogP contribution in [-0.2, 0) is 11.3 Å². The highest BCUT2D eigenvalue weighted by atomic mass is 16.1. The third-order valence-corrected chi connectivity index (χ3v) is 4.48. The number of hydrogen-bond donors (Lipinski definition) is 2. The molecule has 0 aliphatic heterocycles. The van der Waals surface area contributed by atoms with Crippen LogP contribution >= 0.6 is 0 Å². The third-order valence-electron chi connectivity index (χ3n) is 4.48. The second-order valence-corrected chi connectivity index (χ2v) is 6.56. The molecule has 7 heteroatoms. The summed E-state index contributed by atoms with van der Waals surface area (Å²) >= 11 is 0. The Hall–Kier alpha value is -4.26. The zero-order chi connectivity index (χ0) is 20.9. The molecule has 0 unspecified atom stereocenters. The Kier molecular flexibility index (Phi) is 5.34. The van der Waals surface area contributed by atoms with Gasteiger partial charge in [0.2, 0.25) is 11.9 Å². The molecule has 2 aromatic heterocycles. The van der Waals surface area contributed by atoms with Crippen LogP contribution in [0.5, 0.6) is 0 Å². The van der Waals surface area contributed by atoms with Crippen LogP contribution in [0.4, 0.5) is 11.6 Å². The van der Waals surface area contributed by atoms with Crippen molar-refractivity contribution in [2.45, 2.75) is 6.54 Å². The van der Waals surface area contributed by atoms with E-state index in [0.717, 1.165) is 10.9 Å². The average Bonchev–Trinajstić information content (AvgIpc) is 2.78. The van der Waals surface area contributed by atoms with Gasteiger partial charge in [0.1, 0.15) is 0 Å². The van der Waals surface area contributed by atoms with E-state index in [9.17, 15) is 9.59 Å². The lowest BCUT2D eigenvalue weighted by molar-refractivity contribution is -0.111. The van der Waals surface area contributed by atoms with Gasteiger partial charge in [-0.25, -0.2) is 4.98 Å². The Morgan fingerprint density at radius 2 is 1.90 bits per heavy atom. The Morgan fingerprint density at radius 1 is 1.07 bits per heavy atom. The van der Waals surface area contributed by atoms with E-state index in [-0.39, 0.29) is 11.5 Å². The van der Waals surface area contributed by atoms with Crippen LogP contribution in [0.25, 0.3) is 16.7 Å². The molecular formula is C23H19N5O2. The van der Waals surface area contributed by atoms with Crippen LogP contribution in [0.1, 0.15) is 5.56 Å². The van der Waals surface area contributed by atoms with Gasteiger partial charge in [-0.2, -0.15) is 4.98 Å². The minimum Gasteiger partial charge on any atom is -0.350 e. The summed E-state index contributed by atoms with van der Waals surface area (Å²) in [5.74, 6) is 0.0916. The predicted molar refractivity (Wildman–Crippen MR) is 118 cm³/mol. The highest BCUT2D eigenvalue weighted by Gasteiger charge is 2.10. The number of anilines is 2. The van der Waals surface area contributed by atoms with Crippen molar-refractivity contribution in [3.63, 3.8) is 0 Å². The maximum absolute atomic E-state index is 12.7. The zero-order valence-corrected chi connectivity index (χ0v) is 16.1. The summed E-state index contributed by atoms with van der Waals surface area (Å²) in [6.07, 6.45) is 2.86. The second-order valence-electron chi connectivity index (χ2n) is 6.56. The molecule has 148 valence electrons. The maximum Gasteiger partial charge on any atom is 0.256 e. The predicted octanol–water partition coefficient (Wildman–Crippen LogP) is 3.52. The van der Waals surface area contributed by atoms with Gasteiger partial charge in [0.05, 0.1) is 5.69 Å². The number of carbonyl (C=O) groups is 1. The van der Waals surface area contributed by atoms with Crippen LogP contribution in [0.2, 0.25) is 0 Å². The van der Waals surface area contributed by atoms with E-state index in [0.29, 0.717) is 29.5 Å². The normalized spacial score (nSPS) is 10.5. The Bertz CT molecular complexity index is 1280. The van der Waals surface area contributed by atoms with Gasteiger partial charge in [0, 0.05) is 29.9 Å². The highest BCUT2D eigenvalue weighted by Crippen LogP contribution is 2.19. The zero-order valence-electron chi connectivity index (χ0n) is 16.1. The van der Waals surface area contributed by atoms with Crippen molar-refractivity contribution in [2.24, 2.45) is 0 Å². The van der Waals surface area contributed by atoms with Gasteiger partial charge in [-0.15, -0.1) is 0 Å². The van der Waals surface area contributed by atoms with Gasteiger partial charge in [0.25, 0.3) is 5.56 Å². The van der Waals surface area contributed by atoms with E-state index in [1.165, 1.54) is 16.7 Å². The smallest absolute Gasteiger partial charge is 0.256 e. The molecule has 0 saturated carbocycles.